The minimum absolute atomic E-state index is 0.285. The van der Waals surface area contributed by atoms with Crippen LogP contribution in [0.4, 0.5) is 0 Å². The summed E-state index contributed by atoms with van der Waals surface area (Å²) in [5, 5.41) is 1.44. The largest absolute Gasteiger partial charge is 0.493 e. The molecule has 1 aromatic rings. The van der Waals surface area contributed by atoms with Gasteiger partial charge in [0.1, 0.15) is 0 Å². The molecule has 1 radical (unpaired) electrons. The Morgan fingerprint density at radius 1 is 1.05 bits per heavy atom. The van der Waals surface area contributed by atoms with E-state index in [-0.39, 0.29) is 5.56 Å². The first-order chi connectivity index (χ1) is 10.6. The molecule has 1 rings (SSSR count). The molecule has 0 saturated carbocycles. The lowest BCUT2D eigenvalue weighted by molar-refractivity contribution is -0.0245. The van der Waals surface area contributed by atoms with Crippen LogP contribution in [-0.4, -0.2) is 40.4 Å². The minimum Gasteiger partial charge on any atom is -0.493 e. The van der Waals surface area contributed by atoms with Crippen LogP contribution in [0.2, 0.25) is 0 Å². The van der Waals surface area contributed by atoms with E-state index in [0.717, 1.165) is 0 Å². The Morgan fingerprint density at radius 3 is 1.91 bits per heavy atom. The van der Waals surface area contributed by atoms with Gasteiger partial charge < -0.3 is 14.2 Å². The molecule has 0 aliphatic carbocycles. The molecular weight excluding hydrogens is 286 g/mol. The van der Waals surface area contributed by atoms with Gasteiger partial charge in [0.15, 0.2) is 24.6 Å². The lowest BCUT2D eigenvalue weighted by Crippen LogP contribution is -2.33. The van der Waals surface area contributed by atoms with E-state index in [1.54, 1.807) is 12.2 Å². The SMILES string of the molecule is C=CC[N+](CC=C)OC(=O)c1cc(OC)c(OC)c(OC)c1. The first-order valence-electron chi connectivity index (χ1n) is 6.60. The van der Waals surface area contributed by atoms with E-state index in [2.05, 4.69) is 13.2 Å². The van der Waals surface area contributed by atoms with E-state index in [4.69, 9.17) is 19.0 Å². The van der Waals surface area contributed by atoms with Crippen molar-refractivity contribution in [1.29, 1.82) is 0 Å². The number of carbonyl (C=O) groups is 1. The second-order valence-electron chi connectivity index (χ2n) is 4.22. The van der Waals surface area contributed by atoms with Crippen molar-refractivity contribution in [3.05, 3.63) is 43.0 Å². The van der Waals surface area contributed by atoms with Gasteiger partial charge in [-0.1, -0.05) is 13.2 Å². The van der Waals surface area contributed by atoms with Crippen LogP contribution in [0.3, 0.4) is 0 Å². The molecule has 0 fully saturated rings. The van der Waals surface area contributed by atoms with Gasteiger partial charge in [0.2, 0.25) is 5.75 Å². The summed E-state index contributed by atoms with van der Waals surface area (Å²) in [5.41, 5.74) is 0.285. The number of hydrogen-bond donors (Lipinski definition) is 0. The minimum atomic E-state index is -0.539. The van der Waals surface area contributed by atoms with Crippen LogP contribution in [0.5, 0.6) is 17.2 Å². The van der Waals surface area contributed by atoms with Crippen LogP contribution in [0, 0.1) is 0 Å². The van der Waals surface area contributed by atoms with Crippen molar-refractivity contribution in [1.82, 2.24) is 5.06 Å². The van der Waals surface area contributed by atoms with Gasteiger partial charge in [0.25, 0.3) is 0 Å². The first kappa shape index (κ1) is 17.6. The maximum absolute atomic E-state index is 12.3. The highest BCUT2D eigenvalue weighted by Crippen LogP contribution is 2.38. The van der Waals surface area contributed by atoms with Gasteiger partial charge in [0.05, 0.1) is 32.0 Å². The molecule has 0 saturated heterocycles. The monoisotopic (exact) mass is 307 g/mol. The topological polar surface area (TPSA) is 59.9 Å². The van der Waals surface area contributed by atoms with Gasteiger partial charge in [-0.25, -0.2) is 9.63 Å². The van der Waals surface area contributed by atoms with Crippen LogP contribution in [0.15, 0.2) is 37.4 Å². The van der Waals surface area contributed by atoms with Crippen LogP contribution in [0.25, 0.3) is 0 Å². The van der Waals surface area contributed by atoms with Crippen LogP contribution in [0.1, 0.15) is 10.4 Å². The molecule has 6 heteroatoms. The summed E-state index contributed by atoms with van der Waals surface area (Å²) in [7, 11) is 4.45. The lowest BCUT2D eigenvalue weighted by atomic mass is 10.2. The molecule has 0 unspecified atom stereocenters. The Labute approximate surface area is 130 Å². The summed E-state index contributed by atoms with van der Waals surface area (Å²) >= 11 is 0. The summed E-state index contributed by atoms with van der Waals surface area (Å²) in [5.74, 6) is 0.638. The van der Waals surface area contributed by atoms with Crippen LogP contribution >= 0.6 is 0 Å². The van der Waals surface area contributed by atoms with Crippen LogP contribution in [-0.2, 0) is 4.84 Å². The summed E-state index contributed by atoms with van der Waals surface area (Å²) in [6.45, 7) is 8.01. The third kappa shape index (κ3) is 4.26. The van der Waals surface area contributed by atoms with Gasteiger partial charge in [-0.3, -0.25) is 0 Å². The van der Waals surface area contributed by atoms with Gasteiger partial charge in [-0.05, 0) is 24.3 Å². The van der Waals surface area contributed by atoms with Gasteiger partial charge in [-0.2, -0.15) is 0 Å². The average Bonchev–Trinajstić information content (AvgIpc) is 2.53. The molecule has 6 nitrogen and oxygen atoms in total. The van der Waals surface area contributed by atoms with E-state index >= 15 is 0 Å². The number of benzene rings is 1. The maximum atomic E-state index is 12.3. The van der Waals surface area contributed by atoms with Gasteiger partial charge in [-0.15, -0.1) is 0 Å². The quantitative estimate of drug-likeness (QED) is 0.398. The Morgan fingerprint density at radius 2 is 1.55 bits per heavy atom. The second kappa shape index (κ2) is 8.74. The molecule has 119 valence electrons. The zero-order valence-electron chi connectivity index (χ0n) is 13.1. The molecule has 0 heterocycles. The normalized spacial score (nSPS) is 10.0. The summed E-state index contributed by atoms with van der Waals surface area (Å²) in [6, 6.07) is 3.06. The van der Waals surface area contributed by atoms with Crippen molar-refractivity contribution >= 4 is 5.97 Å². The fraction of sp³-hybridized carbons (Fsp3) is 0.312. The molecule has 0 aliphatic heterocycles. The van der Waals surface area contributed by atoms with Gasteiger partial charge >= 0.3 is 5.97 Å². The molecule has 22 heavy (non-hydrogen) atoms. The van der Waals surface area contributed by atoms with Crippen molar-refractivity contribution < 1.29 is 23.8 Å². The Kier molecular flexibility index (Phi) is 6.98. The third-order valence-corrected chi connectivity index (χ3v) is 2.78. The smallest absolute Gasteiger partial charge is 0.405 e. The number of rotatable bonds is 9. The zero-order chi connectivity index (χ0) is 16.5. The number of hydrogen-bond acceptors (Lipinski definition) is 6. The maximum Gasteiger partial charge on any atom is 0.405 e. The molecule has 0 aromatic heterocycles. The van der Waals surface area contributed by atoms with Crippen molar-refractivity contribution in [2.45, 2.75) is 0 Å². The molecular formula is C16H21NO5+. The Hall–Kier alpha value is -2.47. The number of carbonyl (C=O) groups excluding carboxylic acids is 1. The molecule has 0 amide bonds. The predicted octanol–water partition coefficient (Wildman–Crippen LogP) is 2.30. The van der Waals surface area contributed by atoms with Crippen molar-refractivity contribution in [2.75, 3.05) is 34.4 Å². The standard InChI is InChI=1S/C16H21NO5/c1-6-8-17(9-7-2)22-16(18)12-10-13(19-3)15(21-5)14(11-12)20-4/h6-7,10-11H,1-2,8-9H2,3-5H3/q+1. The molecule has 0 spiro atoms. The first-order valence-corrected chi connectivity index (χ1v) is 6.60. The average molecular weight is 307 g/mol. The fourth-order valence-electron chi connectivity index (χ4n) is 1.81. The number of methoxy groups -OCH3 is 3. The summed E-state index contributed by atoms with van der Waals surface area (Å²) in [6.07, 6.45) is 3.26. The highest BCUT2D eigenvalue weighted by atomic mass is 16.7. The van der Waals surface area contributed by atoms with E-state index < -0.39 is 5.97 Å². The van der Waals surface area contributed by atoms with Gasteiger partial charge in [0, 0.05) is 0 Å². The van der Waals surface area contributed by atoms with Crippen LogP contribution < -0.4 is 19.3 Å². The summed E-state index contributed by atoms with van der Waals surface area (Å²) < 4.78 is 15.6. The van der Waals surface area contributed by atoms with Crippen molar-refractivity contribution in [3.63, 3.8) is 0 Å². The number of nitrogens with zero attached hydrogens (tertiary/aromatic N) is 1. The number of hydroxylamine groups is 2. The molecule has 0 aliphatic rings. The van der Waals surface area contributed by atoms with Crippen molar-refractivity contribution in [3.8, 4) is 17.2 Å². The second-order valence-corrected chi connectivity index (χ2v) is 4.22. The number of ether oxygens (including phenoxy) is 3. The fourth-order valence-corrected chi connectivity index (χ4v) is 1.81. The molecule has 0 bridgehead atoms. The molecule has 1 aromatic carbocycles. The highest BCUT2D eigenvalue weighted by molar-refractivity contribution is 5.91. The zero-order valence-corrected chi connectivity index (χ0v) is 13.1. The Bertz CT molecular complexity index is 506. The van der Waals surface area contributed by atoms with E-state index in [9.17, 15) is 4.79 Å². The predicted molar refractivity (Wildman–Crippen MR) is 83.8 cm³/mol. The van der Waals surface area contributed by atoms with E-state index in [0.29, 0.717) is 30.3 Å². The lowest BCUT2D eigenvalue weighted by Gasteiger charge is -2.13. The molecule has 0 atom stereocenters. The third-order valence-electron chi connectivity index (χ3n) is 2.78. The highest BCUT2D eigenvalue weighted by Gasteiger charge is 2.24. The van der Waals surface area contributed by atoms with E-state index in [1.807, 2.05) is 0 Å². The molecule has 0 N–H and O–H groups in total. The Balaban J connectivity index is 3.06. The van der Waals surface area contributed by atoms with E-state index in [1.165, 1.54) is 38.5 Å². The van der Waals surface area contributed by atoms with Crippen molar-refractivity contribution in [2.24, 2.45) is 0 Å². The summed E-state index contributed by atoms with van der Waals surface area (Å²) in [4.78, 5) is 17.5.